The highest BCUT2D eigenvalue weighted by atomic mass is 16.4. The third kappa shape index (κ3) is 3.09. The minimum Gasteiger partial charge on any atom is -0.481 e. The van der Waals surface area contributed by atoms with Gasteiger partial charge in [0.15, 0.2) is 0 Å². The Bertz CT molecular complexity index is 408. The number of hydrogen-bond donors (Lipinski definition) is 1. The quantitative estimate of drug-likeness (QED) is 0.850. The molecule has 1 amide bonds. The summed E-state index contributed by atoms with van der Waals surface area (Å²) >= 11 is 0. The lowest BCUT2D eigenvalue weighted by atomic mass is 9.97. The zero-order chi connectivity index (χ0) is 13.0. The van der Waals surface area contributed by atoms with Crippen molar-refractivity contribution >= 4 is 11.9 Å². The number of aromatic nitrogens is 2. The maximum absolute atomic E-state index is 11.9. The Hall–Kier alpha value is -1.85. The first-order chi connectivity index (χ1) is 8.66. The molecular formula is C12H17N3O3. The van der Waals surface area contributed by atoms with Crippen molar-refractivity contribution in [2.45, 2.75) is 25.8 Å². The van der Waals surface area contributed by atoms with Gasteiger partial charge in [0.2, 0.25) is 5.91 Å². The Labute approximate surface area is 105 Å². The molecule has 2 rings (SSSR count). The van der Waals surface area contributed by atoms with E-state index in [1.807, 2.05) is 10.8 Å². The first-order valence-electron chi connectivity index (χ1n) is 6.13. The standard InChI is InChI=1S/C12H17N3O3/c16-11(3-5-14-8-4-13-9-14)15-6-1-10(2-7-15)12(17)18/h4,8-10H,1-3,5-7H2,(H,17,18). The summed E-state index contributed by atoms with van der Waals surface area (Å²) in [7, 11) is 0. The van der Waals surface area contributed by atoms with E-state index in [0.29, 0.717) is 38.9 Å². The van der Waals surface area contributed by atoms with Crippen molar-refractivity contribution < 1.29 is 14.7 Å². The summed E-state index contributed by atoms with van der Waals surface area (Å²) < 4.78 is 1.86. The maximum atomic E-state index is 11.9. The average Bonchev–Trinajstić information content (AvgIpc) is 2.89. The summed E-state index contributed by atoms with van der Waals surface area (Å²) in [5.41, 5.74) is 0. The van der Waals surface area contributed by atoms with E-state index in [9.17, 15) is 9.59 Å². The molecule has 0 bridgehead atoms. The molecule has 2 heterocycles. The van der Waals surface area contributed by atoms with Crippen LogP contribution in [0.4, 0.5) is 0 Å². The molecule has 1 aliphatic rings. The molecule has 0 radical (unpaired) electrons. The Kier molecular flexibility index (Phi) is 3.96. The predicted octanol–water partition coefficient (Wildman–Crippen LogP) is 0.596. The Morgan fingerprint density at radius 2 is 2.06 bits per heavy atom. The van der Waals surface area contributed by atoms with Gasteiger partial charge in [0.25, 0.3) is 0 Å². The molecular weight excluding hydrogens is 234 g/mol. The maximum Gasteiger partial charge on any atom is 0.306 e. The van der Waals surface area contributed by atoms with Crippen LogP contribution in [0.15, 0.2) is 18.7 Å². The fourth-order valence-corrected chi connectivity index (χ4v) is 2.18. The van der Waals surface area contributed by atoms with Crippen LogP contribution < -0.4 is 0 Å². The van der Waals surface area contributed by atoms with Crippen molar-refractivity contribution in [2.75, 3.05) is 13.1 Å². The summed E-state index contributed by atoms with van der Waals surface area (Å²) in [5, 5.41) is 8.88. The number of carboxylic acids is 1. The third-order valence-corrected chi connectivity index (χ3v) is 3.34. The highest BCUT2D eigenvalue weighted by Crippen LogP contribution is 2.17. The molecule has 18 heavy (non-hydrogen) atoms. The molecule has 0 saturated carbocycles. The number of carbonyl (C=O) groups is 2. The van der Waals surface area contributed by atoms with E-state index in [1.165, 1.54) is 0 Å². The number of rotatable bonds is 4. The fourth-order valence-electron chi connectivity index (χ4n) is 2.18. The summed E-state index contributed by atoms with van der Waals surface area (Å²) in [6.45, 7) is 1.73. The molecule has 1 aliphatic heterocycles. The molecule has 1 saturated heterocycles. The summed E-state index contributed by atoms with van der Waals surface area (Å²) in [6, 6.07) is 0. The van der Waals surface area contributed by atoms with E-state index >= 15 is 0 Å². The topological polar surface area (TPSA) is 75.4 Å². The van der Waals surface area contributed by atoms with Gasteiger partial charge >= 0.3 is 5.97 Å². The van der Waals surface area contributed by atoms with Gasteiger partial charge in [-0.1, -0.05) is 0 Å². The van der Waals surface area contributed by atoms with E-state index in [0.717, 1.165) is 0 Å². The van der Waals surface area contributed by atoms with Crippen molar-refractivity contribution in [1.82, 2.24) is 14.5 Å². The molecule has 98 valence electrons. The van der Waals surface area contributed by atoms with E-state index in [4.69, 9.17) is 5.11 Å². The summed E-state index contributed by atoms with van der Waals surface area (Å²) in [6.07, 6.45) is 6.75. The number of likely N-dealkylation sites (tertiary alicyclic amines) is 1. The number of imidazole rings is 1. The number of amides is 1. The van der Waals surface area contributed by atoms with Crippen molar-refractivity contribution in [3.05, 3.63) is 18.7 Å². The lowest BCUT2D eigenvalue weighted by molar-refractivity contribution is -0.145. The van der Waals surface area contributed by atoms with Gasteiger partial charge in [-0.3, -0.25) is 9.59 Å². The monoisotopic (exact) mass is 251 g/mol. The predicted molar refractivity (Wildman–Crippen MR) is 63.8 cm³/mol. The normalized spacial score (nSPS) is 16.8. The van der Waals surface area contributed by atoms with Gasteiger partial charge in [0.1, 0.15) is 0 Å². The van der Waals surface area contributed by atoms with Gasteiger partial charge in [-0.05, 0) is 12.8 Å². The number of hydrogen-bond acceptors (Lipinski definition) is 3. The van der Waals surface area contributed by atoms with Gasteiger partial charge in [-0.15, -0.1) is 0 Å². The molecule has 1 fully saturated rings. The van der Waals surface area contributed by atoms with Crippen LogP contribution in [0.2, 0.25) is 0 Å². The Balaban J connectivity index is 1.75. The zero-order valence-corrected chi connectivity index (χ0v) is 10.2. The Morgan fingerprint density at radius 1 is 1.33 bits per heavy atom. The van der Waals surface area contributed by atoms with E-state index in [2.05, 4.69) is 4.98 Å². The van der Waals surface area contributed by atoms with Crippen LogP contribution in [0, 0.1) is 5.92 Å². The number of piperidine rings is 1. The number of carboxylic acid groups (broad SMARTS) is 1. The minimum atomic E-state index is -0.750. The highest BCUT2D eigenvalue weighted by Gasteiger charge is 2.26. The second-order valence-electron chi connectivity index (χ2n) is 4.54. The van der Waals surface area contributed by atoms with Gasteiger partial charge in [0.05, 0.1) is 12.2 Å². The molecule has 1 N–H and O–H groups in total. The first kappa shape index (κ1) is 12.6. The lowest BCUT2D eigenvalue weighted by Gasteiger charge is -2.30. The number of carbonyl (C=O) groups excluding carboxylic acids is 1. The number of aryl methyl sites for hydroxylation is 1. The number of nitrogens with zero attached hydrogens (tertiary/aromatic N) is 3. The second kappa shape index (κ2) is 5.66. The van der Waals surface area contributed by atoms with Crippen LogP contribution in [0.3, 0.4) is 0 Å². The van der Waals surface area contributed by atoms with Gasteiger partial charge in [-0.2, -0.15) is 0 Å². The van der Waals surface area contributed by atoms with Crippen LogP contribution in [0.5, 0.6) is 0 Å². The van der Waals surface area contributed by atoms with Crippen LogP contribution in [-0.4, -0.2) is 44.5 Å². The first-order valence-corrected chi connectivity index (χ1v) is 6.13. The third-order valence-electron chi connectivity index (χ3n) is 3.34. The Morgan fingerprint density at radius 3 is 2.61 bits per heavy atom. The van der Waals surface area contributed by atoms with Crippen LogP contribution >= 0.6 is 0 Å². The molecule has 6 heteroatoms. The molecule has 0 spiro atoms. The van der Waals surface area contributed by atoms with Crippen LogP contribution in [-0.2, 0) is 16.1 Å². The molecule has 0 aromatic carbocycles. The SMILES string of the molecule is O=C(O)C1CCN(C(=O)CCn2ccnc2)CC1. The second-order valence-corrected chi connectivity index (χ2v) is 4.54. The van der Waals surface area contributed by atoms with Crippen molar-refractivity contribution in [1.29, 1.82) is 0 Å². The van der Waals surface area contributed by atoms with E-state index < -0.39 is 5.97 Å². The van der Waals surface area contributed by atoms with E-state index in [-0.39, 0.29) is 11.8 Å². The molecule has 0 atom stereocenters. The van der Waals surface area contributed by atoms with Gasteiger partial charge < -0.3 is 14.6 Å². The molecule has 6 nitrogen and oxygen atoms in total. The van der Waals surface area contributed by atoms with Crippen molar-refractivity contribution in [3.8, 4) is 0 Å². The molecule has 1 aromatic heterocycles. The molecule has 1 aromatic rings. The van der Waals surface area contributed by atoms with Gasteiger partial charge in [0, 0.05) is 38.4 Å². The number of aliphatic carboxylic acids is 1. The van der Waals surface area contributed by atoms with Gasteiger partial charge in [-0.25, -0.2) is 4.98 Å². The lowest BCUT2D eigenvalue weighted by Crippen LogP contribution is -2.40. The fraction of sp³-hybridized carbons (Fsp3) is 0.583. The smallest absolute Gasteiger partial charge is 0.306 e. The summed E-state index contributed by atoms with van der Waals surface area (Å²) in [4.78, 5) is 28.4. The van der Waals surface area contributed by atoms with Crippen LogP contribution in [0.25, 0.3) is 0 Å². The zero-order valence-electron chi connectivity index (χ0n) is 10.2. The summed E-state index contributed by atoms with van der Waals surface area (Å²) in [5.74, 6) is -0.948. The molecule has 0 unspecified atom stereocenters. The van der Waals surface area contributed by atoms with Crippen molar-refractivity contribution in [3.63, 3.8) is 0 Å². The minimum absolute atomic E-state index is 0.0903. The van der Waals surface area contributed by atoms with Crippen molar-refractivity contribution in [2.24, 2.45) is 5.92 Å². The highest BCUT2D eigenvalue weighted by molar-refractivity contribution is 5.77. The van der Waals surface area contributed by atoms with E-state index in [1.54, 1.807) is 17.4 Å². The molecule has 0 aliphatic carbocycles. The van der Waals surface area contributed by atoms with Crippen LogP contribution in [0.1, 0.15) is 19.3 Å². The average molecular weight is 251 g/mol. The largest absolute Gasteiger partial charge is 0.481 e.